The Morgan fingerprint density at radius 1 is 1.39 bits per heavy atom. The summed E-state index contributed by atoms with van der Waals surface area (Å²) in [5.74, 6) is -0.292. The molecule has 1 aliphatic carbocycles. The van der Waals surface area contributed by atoms with Crippen LogP contribution >= 0.6 is 0 Å². The fourth-order valence-corrected chi connectivity index (χ4v) is 2.63. The second-order valence-electron chi connectivity index (χ2n) is 7.35. The maximum absolute atomic E-state index is 12.1. The van der Waals surface area contributed by atoms with Gasteiger partial charge in [0.25, 0.3) is 0 Å². The van der Waals surface area contributed by atoms with Crippen LogP contribution in [0.5, 0.6) is 0 Å². The van der Waals surface area contributed by atoms with E-state index in [1.807, 2.05) is 19.9 Å². The fraction of sp³-hybridized carbons (Fsp3) is 0.650. The van der Waals surface area contributed by atoms with Crippen molar-refractivity contribution >= 4 is 5.97 Å². The zero-order chi connectivity index (χ0) is 17.6. The van der Waals surface area contributed by atoms with Crippen molar-refractivity contribution in [3.63, 3.8) is 0 Å². The van der Waals surface area contributed by atoms with Crippen LogP contribution in [0.2, 0.25) is 0 Å². The van der Waals surface area contributed by atoms with Crippen LogP contribution in [0.4, 0.5) is 0 Å². The number of hydrogen-bond acceptors (Lipinski definition) is 3. The number of aliphatic hydroxyl groups excluding tert-OH is 1. The molecule has 2 atom stereocenters. The zero-order valence-electron chi connectivity index (χ0n) is 15.5. The first-order valence-corrected chi connectivity index (χ1v) is 8.53. The molecule has 0 unspecified atom stereocenters. The Kier molecular flexibility index (Phi) is 7.27. The average molecular weight is 320 g/mol. The number of carbonyl (C=O) groups is 1. The molecular formula is C20H32O3. The van der Waals surface area contributed by atoms with Gasteiger partial charge in [-0.2, -0.15) is 0 Å². The predicted octanol–water partition coefficient (Wildman–Crippen LogP) is 4.72. The van der Waals surface area contributed by atoms with Gasteiger partial charge in [0, 0.05) is 12.0 Å². The van der Waals surface area contributed by atoms with Gasteiger partial charge >= 0.3 is 5.97 Å². The van der Waals surface area contributed by atoms with Crippen molar-refractivity contribution in [3.8, 4) is 0 Å². The molecule has 0 amide bonds. The van der Waals surface area contributed by atoms with Crippen molar-refractivity contribution < 1.29 is 14.6 Å². The Morgan fingerprint density at radius 3 is 2.65 bits per heavy atom. The van der Waals surface area contributed by atoms with Gasteiger partial charge in [0.05, 0.1) is 6.10 Å². The molecule has 3 nitrogen and oxygen atoms in total. The molecule has 0 saturated heterocycles. The Bertz CT molecular complexity index is 509. The van der Waals surface area contributed by atoms with Crippen molar-refractivity contribution in [2.75, 3.05) is 0 Å². The Labute approximate surface area is 141 Å². The van der Waals surface area contributed by atoms with Gasteiger partial charge in [-0.15, -0.1) is 0 Å². The van der Waals surface area contributed by atoms with Crippen molar-refractivity contribution in [1.82, 2.24) is 0 Å². The molecule has 0 aromatic rings. The van der Waals surface area contributed by atoms with Crippen LogP contribution in [0.3, 0.4) is 0 Å². The molecule has 0 aromatic heterocycles. The summed E-state index contributed by atoms with van der Waals surface area (Å²) in [7, 11) is 0. The van der Waals surface area contributed by atoms with E-state index >= 15 is 0 Å². The first-order valence-electron chi connectivity index (χ1n) is 8.53. The van der Waals surface area contributed by atoms with E-state index in [4.69, 9.17) is 4.74 Å². The molecule has 0 bridgehead atoms. The lowest BCUT2D eigenvalue weighted by molar-refractivity contribution is -0.142. The molecule has 130 valence electrons. The molecule has 1 N–H and O–H groups in total. The molecule has 0 spiro atoms. The summed E-state index contributed by atoms with van der Waals surface area (Å²) < 4.78 is 5.66. The summed E-state index contributed by atoms with van der Waals surface area (Å²) in [6.07, 6.45) is 8.61. The number of carbonyl (C=O) groups excluding carboxylic acids is 1. The van der Waals surface area contributed by atoms with E-state index in [2.05, 4.69) is 26.8 Å². The lowest BCUT2D eigenvalue weighted by Gasteiger charge is -2.29. The highest BCUT2D eigenvalue weighted by molar-refractivity contribution is 5.87. The summed E-state index contributed by atoms with van der Waals surface area (Å²) in [5, 5.41) is 10.5. The van der Waals surface area contributed by atoms with Crippen LogP contribution in [0.25, 0.3) is 0 Å². The average Bonchev–Trinajstić information content (AvgIpc) is 2.50. The molecule has 3 heteroatoms. The maximum atomic E-state index is 12.1. The van der Waals surface area contributed by atoms with E-state index in [0.717, 1.165) is 24.8 Å². The lowest BCUT2D eigenvalue weighted by atomic mass is 9.80. The maximum Gasteiger partial charge on any atom is 0.333 e. The molecule has 0 radical (unpaired) electrons. The molecular weight excluding hydrogens is 288 g/mol. The quantitative estimate of drug-likeness (QED) is 0.455. The summed E-state index contributed by atoms with van der Waals surface area (Å²) >= 11 is 0. The van der Waals surface area contributed by atoms with Gasteiger partial charge in [0.15, 0.2) is 0 Å². The number of aliphatic hydroxyl groups is 1. The number of ether oxygens (including phenoxy) is 1. The summed E-state index contributed by atoms with van der Waals surface area (Å²) in [6, 6.07) is 0. The Hall–Kier alpha value is -1.35. The van der Waals surface area contributed by atoms with Crippen molar-refractivity contribution in [1.29, 1.82) is 0 Å². The highest BCUT2D eigenvalue weighted by Gasteiger charge is 2.27. The molecule has 0 fully saturated rings. The van der Waals surface area contributed by atoms with E-state index in [9.17, 15) is 9.90 Å². The van der Waals surface area contributed by atoms with Crippen LogP contribution in [0.1, 0.15) is 67.2 Å². The van der Waals surface area contributed by atoms with Gasteiger partial charge in [-0.25, -0.2) is 4.79 Å². The van der Waals surface area contributed by atoms with Gasteiger partial charge in [-0.3, -0.25) is 0 Å². The molecule has 1 rings (SSSR count). The summed E-state index contributed by atoms with van der Waals surface area (Å²) in [4.78, 5) is 12.1. The molecule has 0 aliphatic heterocycles. The van der Waals surface area contributed by atoms with Crippen LogP contribution in [0, 0.1) is 5.41 Å². The number of esters is 1. The van der Waals surface area contributed by atoms with Crippen molar-refractivity contribution in [2.45, 2.75) is 79.4 Å². The molecule has 1 aliphatic rings. The third-order valence-electron chi connectivity index (χ3n) is 4.81. The third kappa shape index (κ3) is 5.98. The van der Waals surface area contributed by atoms with Crippen LogP contribution < -0.4 is 0 Å². The minimum absolute atomic E-state index is 0.181. The van der Waals surface area contributed by atoms with Crippen LogP contribution in [-0.2, 0) is 9.53 Å². The number of hydrogen-bond donors (Lipinski definition) is 1. The first-order chi connectivity index (χ1) is 10.7. The van der Waals surface area contributed by atoms with Gasteiger partial charge < -0.3 is 9.84 Å². The summed E-state index contributed by atoms with van der Waals surface area (Å²) in [5.41, 5.74) is 2.65. The normalized spacial score (nSPS) is 28.9. The van der Waals surface area contributed by atoms with Gasteiger partial charge in [-0.05, 0) is 57.9 Å². The summed E-state index contributed by atoms with van der Waals surface area (Å²) in [6.45, 7) is 11.8. The highest BCUT2D eigenvalue weighted by Crippen LogP contribution is 2.31. The van der Waals surface area contributed by atoms with Crippen molar-refractivity contribution in [3.05, 3.63) is 34.9 Å². The van der Waals surface area contributed by atoms with Gasteiger partial charge in [0.1, 0.15) is 6.10 Å². The van der Waals surface area contributed by atoms with E-state index in [1.54, 1.807) is 13.0 Å². The lowest BCUT2D eigenvalue weighted by Crippen LogP contribution is -2.29. The minimum atomic E-state index is -0.537. The second-order valence-corrected chi connectivity index (χ2v) is 7.35. The molecule has 0 saturated carbocycles. The minimum Gasteiger partial charge on any atom is -0.454 e. The third-order valence-corrected chi connectivity index (χ3v) is 4.81. The SMILES string of the molecule is C/C=C(/C)C(=O)O[C@@H]1CC=C(C)CCCC(C)(C)[C@@H](O)/C=C\1C. The number of allylic oxidation sites excluding steroid dienone is 2. The van der Waals surface area contributed by atoms with E-state index in [0.29, 0.717) is 12.0 Å². The van der Waals surface area contributed by atoms with E-state index in [-0.39, 0.29) is 17.5 Å². The Morgan fingerprint density at radius 2 is 2.04 bits per heavy atom. The largest absolute Gasteiger partial charge is 0.454 e. The van der Waals surface area contributed by atoms with Crippen LogP contribution in [0.15, 0.2) is 34.9 Å². The fourth-order valence-electron chi connectivity index (χ4n) is 2.63. The molecule has 0 aromatic carbocycles. The topological polar surface area (TPSA) is 46.5 Å². The first kappa shape index (κ1) is 19.7. The standard InChI is InChI=1S/C20H32O3/c1-7-15(3)19(22)23-17-11-10-14(2)9-8-12-20(5,6)18(21)13-16(17)4/h7,10,13,17-18,21H,8-9,11-12H2,1-6H3/b14-10?,15-7-,16-13-/t17-,18+/m1/s1. The second kappa shape index (κ2) is 8.49. The zero-order valence-corrected chi connectivity index (χ0v) is 15.5. The monoisotopic (exact) mass is 320 g/mol. The highest BCUT2D eigenvalue weighted by atomic mass is 16.5. The molecule has 0 heterocycles. The van der Waals surface area contributed by atoms with E-state index < -0.39 is 6.10 Å². The van der Waals surface area contributed by atoms with E-state index in [1.165, 1.54) is 5.57 Å². The Balaban J connectivity index is 3.07. The predicted molar refractivity (Wildman–Crippen MR) is 95.1 cm³/mol. The van der Waals surface area contributed by atoms with Gasteiger partial charge in [-0.1, -0.05) is 37.6 Å². The van der Waals surface area contributed by atoms with Crippen molar-refractivity contribution in [2.24, 2.45) is 5.41 Å². The van der Waals surface area contributed by atoms with Crippen LogP contribution in [-0.4, -0.2) is 23.3 Å². The van der Waals surface area contributed by atoms with Gasteiger partial charge in [0.2, 0.25) is 0 Å². The smallest absolute Gasteiger partial charge is 0.333 e. The number of rotatable bonds is 2. The molecule has 23 heavy (non-hydrogen) atoms.